The summed E-state index contributed by atoms with van der Waals surface area (Å²) in [6.45, 7) is 4.70. The summed E-state index contributed by atoms with van der Waals surface area (Å²) in [5, 5.41) is 5.28. The fourth-order valence-electron chi connectivity index (χ4n) is 3.21. The van der Waals surface area contributed by atoms with Crippen molar-refractivity contribution in [1.29, 1.82) is 0 Å². The predicted octanol–water partition coefficient (Wildman–Crippen LogP) is 3.74. The Hall–Kier alpha value is -3.15. The highest BCUT2D eigenvalue weighted by atomic mass is 19.4. The lowest BCUT2D eigenvalue weighted by atomic mass is 10.1. The molecular formula is C20H23F4N5O3. The van der Waals surface area contributed by atoms with Gasteiger partial charge in [-0.2, -0.15) is 18.2 Å². The van der Waals surface area contributed by atoms with Crippen molar-refractivity contribution in [3.63, 3.8) is 0 Å². The van der Waals surface area contributed by atoms with Crippen molar-refractivity contribution in [1.82, 2.24) is 14.9 Å². The number of nitrogens with one attached hydrogen (secondary N) is 2. The maximum Gasteiger partial charge on any atom is 0.421 e. The minimum atomic E-state index is -4.63. The molecule has 2 aromatic rings. The highest BCUT2D eigenvalue weighted by Crippen LogP contribution is 2.37. The van der Waals surface area contributed by atoms with E-state index in [1.807, 2.05) is 0 Å². The zero-order valence-corrected chi connectivity index (χ0v) is 17.5. The Morgan fingerprint density at radius 3 is 2.78 bits per heavy atom. The maximum absolute atomic E-state index is 14.9. The van der Waals surface area contributed by atoms with Gasteiger partial charge in [0.1, 0.15) is 29.1 Å². The number of benzene rings is 1. The standard InChI is InChI=1S/C20H23F4N5O3/c1-3-25-18-13(20(22,23)24)9-26-19(28-18)27-15-8-14(21)12(7-16(15)31-4-2)17-10-29(11-30)5-6-32-17/h7-9,11,17H,3-6,10H2,1-2H3,(H2,25,26,27,28). The van der Waals surface area contributed by atoms with Gasteiger partial charge in [0.25, 0.3) is 0 Å². The molecule has 1 atom stereocenters. The van der Waals surface area contributed by atoms with Gasteiger partial charge >= 0.3 is 6.18 Å². The lowest BCUT2D eigenvalue weighted by molar-refractivity contribution is -0.137. The van der Waals surface area contributed by atoms with Gasteiger partial charge < -0.3 is 25.0 Å². The normalized spacial score (nSPS) is 16.6. The van der Waals surface area contributed by atoms with E-state index in [0.717, 1.165) is 6.07 Å². The molecule has 8 nitrogen and oxygen atoms in total. The van der Waals surface area contributed by atoms with Crippen LogP contribution in [0.2, 0.25) is 0 Å². The first-order valence-electron chi connectivity index (χ1n) is 9.99. The molecule has 3 rings (SSSR count). The zero-order valence-electron chi connectivity index (χ0n) is 17.5. The highest BCUT2D eigenvalue weighted by Gasteiger charge is 2.35. The maximum atomic E-state index is 14.9. The number of hydrogen-bond acceptors (Lipinski definition) is 7. The summed E-state index contributed by atoms with van der Waals surface area (Å²) in [7, 11) is 0. The van der Waals surface area contributed by atoms with Gasteiger partial charge in [0, 0.05) is 30.9 Å². The van der Waals surface area contributed by atoms with E-state index >= 15 is 0 Å². The minimum Gasteiger partial charge on any atom is -0.492 e. The van der Waals surface area contributed by atoms with Crippen molar-refractivity contribution in [2.24, 2.45) is 0 Å². The van der Waals surface area contributed by atoms with E-state index in [1.165, 1.54) is 11.0 Å². The van der Waals surface area contributed by atoms with Crippen LogP contribution >= 0.6 is 0 Å². The average Bonchev–Trinajstić information content (AvgIpc) is 2.75. The van der Waals surface area contributed by atoms with Crippen LogP contribution < -0.4 is 15.4 Å². The van der Waals surface area contributed by atoms with E-state index < -0.39 is 29.5 Å². The van der Waals surface area contributed by atoms with E-state index in [-0.39, 0.29) is 49.3 Å². The van der Waals surface area contributed by atoms with Crippen molar-refractivity contribution in [2.45, 2.75) is 26.1 Å². The van der Waals surface area contributed by atoms with E-state index in [0.29, 0.717) is 19.2 Å². The smallest absolute Gasteiger partial charge is 0.421 e. The minimum absolute atomic E-state index is 0.137. The number of rotatable bonds is 8. The summed E-state index contributed by atoms with van der Waals surface area (Å²) >= 11 is 0. The third-order valence-electron chi connectivity index (χ3n) is 4.68. The molecular weight excluding hydrogens is 434 g/mol. The van der Waals surface area contributed by atoms with E-state index in [9.17, 15) is 22.4 Å². The summed E-state index contributed by atoms with van der Waals surface area (Å²) in [5.41, 5.74) is -0.670. The Balaban J connectivity index is 1.93. The number of anilines is 3. The van der Waals surface area contributed by atoms with Gasteiger partial charge in [0.05, 0.1) is 25.4 Å². The number of morpholine rings is 1. The van der Waals surface area contributed by atoms with Crippen molar-refractivity contribution < 1.29 is 31.8 Å². The number of alkyl halides is 3. The number of ether oxygens (including phenoxy) is 2. The van der Waals surface area contributed by atoms with Gasteiger partial charge in [-0.1, -0.05) is 0 Å². The number of aromatic nitrogens is 2. The van der Waals surface area contributed by atoms with Gasteiger partial charge in [-0.05, 0) is 19.9 Å². The van der Waals surface area contributed by atoms with Crippen molar-refractivity contribution >= 4 is 23.9 Å². The zero-order chi connectivity index (χ0) is 23.3. The van der Waals surface area contributed by atoms with Crippen LogP contribution in [0.25, 0.3) is 0 Å². The van der Waals surface area contributed by atoms with Gasteiger partial charge in [-0.3, -0.25) is 4.79 Å². The summed E-state index contributed by atoms with van der Waals surface area (Å²) in [6.07, 6.45) is -3.97. The molecule has 1 amide bonds. The first kappa shape index (κ1) is 23.5. The monoisotopic (exact) mass is 457 g/mol. The predicted molar refractivity (Wildman–Crippen MR) is 108 cm³/mol. The second-order valence-electron chi connectivity index (χ2n) is 6.87. The Morgan fingerprint density at radius 2 is 2.12 bits per heavy atom. The molecule has 32 heavy (non-hydrogen) atoms. The van der Waals surface area contributed by atoms with Gasteiger partial charge in [0.2, 0.25) is 12.4 Å². The highest BCUT2D eigenvalue weighted by molar-refractivity contribution is 5.65. The second kappa shape index (κ2) is 9.98. The summed E-state index contributed by atoms with van der Waals surface area (Å²) in [4.78, 5) is 20.1. The molecule has 0 aliphatic carbocycles. The van der Waals surface area contributed by atoms with E-state index in [2.05, 4.69) is 20.6 Å². The molecule has 174 valence electrons. The molecule has 1 unspecified atom stereocenters. The Kier molecular flexibility index (Phi) is 7.33. The van der Waals surface area contributed by atoms with Crippen LogP contribution in [0, 0.1) is 5.82 Å². The number of halogens is 4. The molecule has 0 spiro atoms. The first-order chi connectivity index (χ1) is 15.3. The van der Waals surface area contributed by atoms with Crippen LogP contribution in [0.4, 0.5) is 35.0 Å². The van der Waals surface area contributed by atoms with Crippen LogP contribution in [-0.2, 0) is 15.7 Å². The third kappa shape index (κ3) is 5.36. The van der Waals surface area contributed by atoms with E-state index in [4.69, 9.17) is 9.47 Å². The van der Waals surface area contributed by atoms with E-state index in [1.54, 1.807) is 13.8 Å². The molecule has 0 radical (unpaired) electrons. The largest absolute Gasteiger partial charge is 0.492 e. The molecule has 2 heterocycles. The molecule has 1 aromatic carbocycles. The number of carbonyl (C=O) groups is 1. The van der Waals surface area contributed by atoms with Crippen molar-refractivity contribution in [3.8, 4) is 5.75 Å². The quantitative estimate of drug-likeness (QED) is 0.461. The molecule has 1 aromatic heterocycles. The Bertz CT molecular complexity index is 958. The second-order valence-corrected chi connectivity index (χ2v) is 6.87. The molecule has 1 saturated heterocycles. The fraction of sp³-hybridized carbons (Fsp3) is 0.450. The SMILES string of the molecule is CCNc1nc(Nc2cc(F)c(C3CN(C=O)CCO3)cc2OCC)ncc1C(F)(F)F. The van der Waals surface area contributed by atoms with Crippen LogP contribution in [-0.4, -0.2) is 54.1 Å². The number of nitrogens with zero attached hydrogens (tertiary/aromatic N) is 3. The number of carbonyl (C=O) groups excluding carboxylic acids is 1. The van der Waals surface area contributed by atoms with Crippen molar-refractivity contribution in [2.75, 3.05) is 43.5 Å². The lowest BCUT2D eigenvalue weighted by Gasteiger charge is -2.31. The van der Waals surface area contributed by atoms with Gasteiger partial charge in [0.15, 0.2) is 0 Å². The lowest BCUT2D eigenvalue weighted by Crippen LogP contribution is -2.37. The molecule has 12 heteroatoms. The fourth-order valence-corrected chi connectivity index (χ4v) is 3.21. The van der Waals surface area contributed by atoms with Crippen LogP contribution in [0.3, 0.4) is 0 Å². The summed E-state index contributed by atoms with van der Waals surface area (Å²) < 4.78 is 65.6. The van der Waals surface area contributed by atoms with Crippen LogP contribution in [0.15, 0.2) is 18.3 Å². The number of amides is 1. The molecule has 1 aliphatic rings. The third-order valence-corrected chi connectivity index (χ3v) is 4.68. The van der Waals surface area contributed by atoms with Crippen molar-refractivity contribution in [3.05, 3.63) is 35.3 Å². The Labute approximate surface area is 181 Å². The van der Waals surface area contributed by atoms with Gasteiger partial charge in [-0.25, -0.2) is 9.37 Å². The molecule has 0 saturated carbocycles. The first-order valence-corrected chi connectivity index (χ1v) is 9.99. The molecule has 1 fully saturated rings. The molecule has 1 aliphatic heterocycles. The van der Waals surface area contributed by atoms with Crippen LogP contribution in [0.1, 0.15) is 31.1 Å². The summed E-state index contributed by atoms with van der Waals surface area (Å²) in [5.74, 6) is -0.947. The molecule has 2 N–H and O–H groups in total. The molecule has 0 bridgehead atoms. The van der Waals surface area contributed by atoms with Gasteiger partial charge in [-0.15, -0.1) is 0 Å². The summed E-state index contributed by atoms with van der Waals surface area (Å²) in [6, 6.07) is 2.58. The number of hydrogen-bond donors (Lipinski definition) is 2. The Morgan fingerprint density at radius 1 is 1.34 bits per heavy atom. The average molecular weight is 457 g/mol. The van der Waals surface area contributed by atoms with Crippen LogP contribution in [0.5, 0.6) is 5.75 Å². The topological polar surface area (TPSA) is 88.6 Å².